The molecule has 0 bridgehead atoms. The molecule has 0 nitrogen and oxygen atoms in total. The number of hydrogen-bond donors (Lipinski definition) is 0. The van der Waals surface area contributed by atoms with Crippen LogP contribution in [0.25, 0.3) is 0 Å². The molecule has 0 aliphatic heterocycles. The molecule has 0 aliphatic rings. The van der Waals surface area contributed by atoms with E-state index in [1.165, 1.54) is 6.42 Å². The Labute approximate surface area is 193 Å². The van der Waals surface area contributed by atoms with Gasteiger partial charge in [0.1, 0.15) is 0 Å². The van der Waals surface area contributed by atoms with Crippen molar-refractivity contribution >= 4 is 0 Å². The van der Waals surface area contributed by atoms with Gasteiger partial charge in [-0.3, -0.25) is 0 Å². The van der Waals surface area contributed by atoms with Gasteiger partial charge < -0.3 is 13.8 Å². The van der Waals surface area contributed by atoms with Crippen LogP contribution in [0.4, 0.5) is 0 Å². The predicted octanol–water partition coefficient (Wildman–Crippen LogP) is 5.80. The molecule has 1 rings (SSSR count). The maximum Gasteiger partial charge on any atom is 0 e. The van der Waals surface area contributed by atoms with E-state index < -0.39 is 0 Å². The smallest absolute Gasteiger partial charge is 0 e. The predicted molar refractivity (Wildman–Crippen MR) is 75.8 cm³/mol. The Balaban J connectivity index is -0.0000000185. The average molecular weight is 477 g/mol. The van der Waals surface area contributed by atoms with Gasteiger partial charge in [0.2, 0.25) is 0 Å². The molecule has 0 saturated carbocycles. The van der Waals surface area contributed by atoms with Gasteiger partial charge in [0.15, 0.2) is 0 Å². The normalized spacial score (nSPS) is 5.00. The van der Waals surface area contributed by atoms with E-state index in [9.17, 15) is 0 Å². The number of benzene rings is 1. The molecular weight excluding hydrogens is 447 g/mol. The fourth-order valence-corrected chi connectivity index (χ4v) is 0.385. The summed E-state index contributed by atoms with van der Waals surface area (Å²) in [6, 6.07) is 12.0. The van der Waals surface area contributed by atoms with E-state index >= 15 is 0 Å². The molecule has 0 aliphatic carbocycles. The summed E-state index contributed by atoms with van der Waals surface area (Å²) in [4.78, 5) is 0. The van der Waals surface area contributed by atoms with E-state index in [4.69, 9.17) is 0 Å². The van der Waals surface area contributed by atoms with Crippen molar-refractivity contribution in [1.82, 2.24) is 0 Å². The Bertz CT molecular complexity index is 104. The molecule has 0 unspecified atom stereocenters. The van der Waals surface area contributed by atoms with Crippen molar-refractivity contribution in [3.63, 3.8) is 0 Å². The third-order valence-corrected chi connectivity index (χ3v) is 1.07. The average Bonchev–Trinajstić information content (AvgIpc) is 2.36. The summed E-state index contributed by atoms with van der Waals surface area (Å²) >= 11 is 0. The first-order valence-corrected chi connectivity index (χ1v) is 5.69. The second kappa shape index (κ2) is 60.5. The quantitative estimate of drug-likeness (QED) is 0.449. The van der Waals surface area contributed by atoms with E-state index in [-0.39, 0.29) is 106 Å². The van der Waals surface area contributed by atoms with Gasteiger partial charge in [-0.05, 0) is 0 Å². The minimum Gasteiger partial charge on any atom is -0.358 e. The zero-order chi connectivity index (χ0) is 11.7. The van der Waals surface area contributed by atoms with Gasteiger partial charge in [0.05, 0.1) is 0 Å². The molecule has 0 N–H and O–H groups in total. The molecule has 18 heavy (non-hydrogen) atoms. The van der Waals surface area contributed by atoms with Crippen LogP contribution in [0.3, 0.4) is 0 Å². The molecule has 3 heteroatoms. The van der Waals surface area contributed by atoms with E-state index in [0.717, 1.165) is 0 Å². The zero-order valence-corrected chi connectivity index (χ0v) is 22.0. The number of rotatable bonds is 1. The van der Waals surface area contributed by atoms with Crippen LogP contribution in [-0.4, -0.2) is 0 Å². The van der Waals surface area contributed by atoms with Crippen molar-refractivity contribution in [2.24, 2.45) is 0 Å². The zero-order valence-electron chi connectivity index (χ0n) is 13.5. The van der Waals surface area contributed by atoms with Crippen LogP contribution in [0.2, 0.25) is 0 Å². The summed E-state index contributed by atoms with van der Waals surface area (Å²) in [7, 11) is 0. The monoisotopic (exact) mass is 477 g/mol. The van der Waals surface area contributed by atoms with Crippen molar-refractivity contribution in [1.29, 1.82) is 0 Å². The second-order valence-corrected chi connectivity index (χ2v) is 1.97. The molecular formula is C15H30Y3-2. The minimum atomic E-state index is 0. The first-order valence-electron chi connectivity index (χ1n) is 5.69. The maximum atomic E-state index is 2.12. The van der Waals surface area contributed by atoms with Gasteiger partial charge in [-0.25, -0.2) is 0 Å². The third-order valence-electron chi connectivity index (χ3n) is 1.07. The van der Waals surface area contributed by atoms with Gasteiger partial charge in [0.25, 0.3) is 0 Å². The Hall–Kier alpha value is 2.53. The maximum absolute atomic E-state index is 2.12. The van der Waals surface area contributed by atoms with E-state index in [0.29, 0.717) is 0 Å². The second-order valence-electron chi connectivity index (χ2n) is 1.97. The number of hydrogen-bond acceptors (Lipinski definition) is 0. The van der Waals surface area contributed by atoms with Crippen LogP contribution in [0.15, 0.2) is 36.4 Å². The van der Waals surface area contributed by atoms with Crippen molar-refractivity contribution in [3.8, 4) is 0 Å². The van der Waals surface area contributed by atoms with Gasteiger partial charge in [0, 0.05) is 98.1 Å². The molecule has 0 heterocycles. The fraction of sp³-hybridized carbons (Fsp3) is 0.467. The third kappa shape index (κ3) is 62.7. The molecule has 1 aromatic carbocycles. The van der Waals surface area contributed by atoms with Crippen LogP contribution >= 0.6 is 0 Å². The minimum absolute atomic E-state index is 0. The van der Waals surface area contributed by atoms with Crippen LogP contribution in [0, 0.1) is 13.8 Å². The standard InChI is InChI=1S/C6H6.C4H9.2C2H6.CH3.3Y/c1-2-4-6-5-3-1;1-3-4-2;2*1-2;;;;/h1-6H;3H,4H2,1-2H3;2*1-2H3;1H3;;;/q;-1;;;-1;;;. The SMILES string of the molecule is CC.CC.C[CH-]CC.[CH3-].[Y].[Y].[Y].c1ccccc1. The van der Waals surface area contributed by atoms with Gasteiger partial charge in [-0.15, -0.1) is 0 Å². The molecule has 0 amide bonds. The van der Waals surface area contributed by atoms with Crippen molar-refractivity contribution in [3.05, 3.63) is 50.2 Å². The van der Waals surface area contributed by atoms with E-state index in [1.807, 2.05) is 64.1 Å². The molecule has 0 atom stereocenters. The fourth-order valence-electron chi connectivity index (χ4n) is 0.385. The van der Waals surface area contributed by atoms with Crippen molar-refractivity contribution < 1.29 is 98.1 Å². The van der Waals surface area contributed by atoms with Crippen LogP contribution in [0.5, 0.6) is 0 Å². The Kier molecular flexibility index (Phi) is 144. The van der Waals surface area contributed by atoms with Gasteiger partial charge in [-0.1, -0.05) is 71.0 Å². The number of unbranched alkanes of at least 4 members (excludes halogenated alkanes) is 1. The van der Waals surface area contributed by atoms with Crippen molar-refractivity contribution in [2.45, 2.75) is 48.0 Å². The summed E-state index contributed by atoms with van der Waals surface area (Å²) in [5, 5.41) is 0. The Morgan fingerprint density at radius 3 is 0.833 bits per heavy atom. The first kappa shape index (κ1) is 42.8. The largest absolute Gasteiger partial charge is 0.358 e. The first-order chi connectivity index (χ1) is 6.91. The summed E-state index contributed by atoms with van der Waals surface area (Å²) in [5.41, 5.74) is 0. The molecule has 0 spiro atoms. The van der Waals surface area contributed by atoms with Crippen LogP contribution < -0.4 is 0 Å². The van der Waals surface area contributed by atoms with Crippen LogP contribution in [-0.2, 0) is 98.1 Å². The van der Waals surface area contributed by atoms with Gasteiger partial charge in [-0.2, -0.15) is 13.3 Å². The Morgan fingerprint density at radius 2 is 0.778 bits per heavy atom. The molecule has 1 aromatic rings. The molecule has 3 radical (unpaired) electrons. The summed E-state index contributed by atoms with van der Waals surface area (Å²) in [6.07, 6.45) is 3.32. The summed E-state index contributed by atoms with van der Waals surface area (Å²) in [6.45, 7) is 12.2. The van der Waals surface area contributed by atoms with Crippen molar-refractivity contribution in [2.75, 3.05) is 0 Å². The molecule has 101 valence electrons. The summed E-state index contributed by atoms with van der Waals surface area (Å²) in [5.74, 6) is 0. The van der Waals surface area contributed by atoms with E-state index in [1.54, 1.807) is 0 Å². The van der Waals surface area contributed by atoms with E-state index in [2.05, 4.69) is 20.3 Å². The summed E-state index contributed by atoms with van der Waals surface area (Å²) < 4.78 is 0. The molecule has 0 fully saturated rings. The Morgan fingerprint density at radius 1 is 0.667 bits per heavy atom. The topological polar surface area (TPSA) is 0 Å². The molecule has 0 aromatic heterocycles. The van der Waals surface area contributed by atoms with Crippen LogP contribution in [0.1, 0.15) is 48.0 Å². The molecule has 0 saturated heterocycles. The van der Waals surface area contributed by atoms with Gasteiger partial charge >= 0.3 is 0 Å².